The van der Waals surface area contributed by atoms with Gasteiger partial charge in [-0.2, -0.15) is 5.10 Å². The lowest BCUT2D eigenvalue weighted by molar-refractivity contribution is -0.116. The quantitative estimate of drug-likeness (QED) is 0.602. The van der Waals surface area contributed by atoms with Crippen molar-refractivity contribution in [3.8, 4) is 0 Å². The van der Waals surface area contributed by atoms with Crippen LogP contribution in [0.3, 0.4) is 0 Å². The minimum atomic E-state index is -0.350. The van der Waals surface area contributed by atoms with Crippen LogP contribution >= 0.6 is 11.6 Å². The van der Waals surface area contributed by atoms with Crippen molar-refractivity contribution in [1.29, 1.82) is 0 Å². The first kappa shape index (κ1) is 19.6. The Hall–Kier alpha value is -3.38. The summed E-state index contributed by atoms with van der Waals surface area (Å²) in [6.07, 6.45) is 3.65. The molecule has 0 saturated carbocycles. The van der Waals surface area contributed by atoms with Crippen LogP contribution in [0.4, 0.5) is 11.5 Å². The number of aryl methyl sites for hydroxylation is 1. The first-order valence-corrected chi connectivity index (χ1v) is 10.6. The van der Waals surface area contributed by atoms with Gasteiger partial charge in [0.1, 0.15) is 17.4 Å². The minimum Gasteiger partial charge on any atom is -0.343 e. The summed E-state index contributed by atoms with van der Waals surface area (Å²) in [5.74, 6) is 0.461. The van der Waals surface area contributed by atoms with E-state index in [4.69, 9.17) is 11.6 Å². The molecule has 31 heavy (non-hydrogen) atoms. The molecule has 5 rings (SSSR count). The van der Waals surface area contributed by atoms with Crippen LogP contribution in [0.2, 0.25) is 5.02 Å². The predicted octanol–water partition coefficient (Wildman–Crippen LogP) is 5.12. The Kier molecular flexibility index (Phi) is 4.87. The number of allylic oxidation sites excluding steroid dienone is 2. The van der Waals surface area contributed by atoms with E-state index in [-0.39, 0.29) is 17.7 Å². The zero-order valence-corrected chi connectivity index (χ0v) is 17.7. The standard InChI is InChI=1S/C24H21ClN4O2/c1-14-5-7-15(8-6-14)22-21-19(3-2-4-20(21)30)28-23-18(13-26-29(22)23)24(31)27-17-11-9-16(25)10-12-17/h5-13,22,28H,2-4H2,1H3,(H,27,31). The maximum atomic E-state index is 13.0. The number of carbonyl (C=O) groups is 2. The Morgan fingerprint density at radius 1 is 1.13 bits per heavy atom. The second-order valence-corrected chi connectivity index (χ2v) is 8.36. The zero-order valence-electron chi connectivity index (χ0n) is 17.0. The molecule has 0 spiro atoms. The summed E-state index contributed by atoms with van der Waals surface area (Å²) in [6.45, 7) is 2.03. The third kappa shape index (κ3) is 3.53. The number of Topliss-reactive ketones (excluding diaryl/α,β-unsaturated/α-hetero) is 1. The average Bonchev–Trinajstić information content (AvgIpc) is 3.18. The summed E-state index contributed by atoms with van der Waals surface area (Å²) in [4.78, 5) is 25.9. The molecule has 2 aliphatic rings. The topological polar surface area (TPSA) is 76.0 Å². The Morgan fingerprint density at radius 2 is 1.87 bits per heavy atom. The number of amides is 1. The van der Waals surface area contributed by atoms with Crippen LogP contribution < -0.4 is 10.6 Å². The van der Waals surface area contributed by atoms with Crippen LogP contribution in [0.1, 0.15) is 46.8 Å². The number of anilines is 2. The fourth-order valence-corrected chi connectivity index (χ4v) is 4.34. The molecule has 0 radical (unpaired) electrons. The second kappa shape index (κ2) is 7.71. The van der Waals surface area contributed by atoms with Gasteiger partial charge in [0.15, 0.2) is 5.78 Å². The molecule has 3 aromatic rings. The number of rotatable bonds is 3. The van der Waals surface area contributed by atoms with Gasteiger partial charge in [0, 0.05) is 28.4 Å². The molecule has 1 aromatic heterocycles. The Bertz CT molecular complexity index is 1210. The first-order valence-electron chi connectivity index (χ1n) is 10.3. The highest BCUT2D eigenvalue weighted by Gasteiger charge is 2.37. The Morgan fingerprint density at radius 3 is 2.61 bits per heavy atom. The predicted molar refractivity (Wildman–Crippen MR) is 120 cm³/mol. The number of aromatic nitrogens is 2. The zero-order chi connectivity index (χ0) is 21.5. The Balaban J connectivity index is 1.56. The molecule has 2 aromatic carbocycles. The molecule has 1 atom stereocenters. The molecule has 1 aliphatic heterocycles. The molecule has 0 bridgehead atoms. The van der Waals surface area contributed by atoms with E-state index in [0.717, 1.165) is 35.2 Å². The average molecular weight is 433 g/mol. The number of fused-ring (bicyclic) bond motifs is 1. The molecule has 6 nitrogen and oxygen atoms in total. The van der Waals surface area contributed by atoms with Gasteiger partial charge in [0.2, 0.25) is 0 Å². The number of hydrogen-bond acceptors (Lipinski definition) is 4. The van der Waals surface area contributed by atoms with Crippen molar-refractivity contribution in [3.63, 3.8) is 0 Å². The lowest BCUT2D eigenvalue weighted by Gasteiger charge is -2.33. The first-order chi connectivity index (χ1) is 15.0. The third-order valence-corrected chi connectivity index (χ3v) is 6.03. The molecule has 0 fully saturated rings. The lowest BCUT2D eigenvalue weighted by atomic mass is 9.85. The summed E-state index contributed by atoms with van der Waals surface area (Å²) in [5, 5.41) is 11.4. The van der Waals surface area contributed by atoms with E-state index >= 15 is 0 Å². The SMILES string of the molecule is Cc1ccc(C2C3=C(CCCC3=O)Nc3c(C(=O)Nc4ccc(Cl)cc4)cnn32)cc1. The summed E-state index contributed by atoms with van der Waals surface area (Å²) >= 11 is 5.93. The maximum Gasteiger partial charge on any atom is 0.261 e. The highest BCUT2D eigenvalue weighted by atomic mass is 35.5. The largest absolute Gasteiger partial charge is 0.343 e. The van der Waals surface area contributed by atoms with Crippen molar-refractivity contribution in [1.82, 2.24) is 9.78 Å². The van der Waals surface area contributed by atoms with Crippen molar-refractivity contribution >= 4 is 34.8 Å². The second-order valence-electron chi connectivity index (χ2n) is 7.92. The van der Waals surface area contributed by atoms with E-state index in [9.17, 15) is 9.59 Å². The summed E-state index contributed by atoms with van der Waals surface area (Å²) in [7, 11) is 0. The smallest absolute Gasteiger partial charge is 0.261 e. The lowest BCUT2D eigenvalue weighted by Crippen LogP contribution is -2.32. The number of carbonyl (C=O) groups excluding carboxylic acids is 2. The number of hydrogen-bond donors (Lipinski definition) is 2. The van der Waals surface area contributed by atoms with Crippen LogP contribution in [0.5, 0.6) is 0 Å². The van der Waals surface area contributed by atoms with Crippen LogP contribution in [0, 0.1) is 6.92 Å². The molecule has 2 N–H and O–H groups in total. The van der Waals surface area contributed by atoms with Crippen LogP contribution in [-0.4, -0.2) is 21.5 Å². The fraction of sp³-hybridized carbons (Fsp3) is 0.208. The van der Waals surface area contributed by atoms with Crippen molar-refractivity contribution in [2.24, 2.45) is 0 Å². The third-order valence-electron chi connectivity index (χ3n) is 5.78. The molecule has 1 aliphatic carbocycles. The molecular formula is C24H21ClN4O2. The fourth-order valence-electron chi connectivity index (χ4n) is 4.21. The van der Waals surface area contributed by atoms with Gasteiger partial charge < -0.3 is 10.6 Å². The molecule has 7 heteroatoms. The van der Waals surface area contributed by atoms with E-state index in [0.29, 0.717) is 28.5 Å². The van der Waals surface area contributed by atoms with Crippen molar-refractivity contribution in [3.05, 3.63) is 87.7 Å². The highest BCUT2D eigenvalue weighted by molar-refractivity contribution is 6.30. The molecule has 0 saturated heterocycles. The number of nitrogens with one attached hydrogen (secondary N) is 2. The van der Waals surface area contributed by atoms with Gasteiger partial charge in [-0.25, -0.2) is 4.68 Å². The van der Waals surface area contributed by atoms with E-state index in [1.54, 1.807) is 35.1 Å². The van der Waals surface area contributed by atoms with Gasteiger partial charge in [-0.05, 0) is 49.6 Å². The van der Waals surface area contributed by atoms with E-state index in [1.165, 1.54) is 0 Å². The normalized spacial score (nSPS) is 17.6. The molecule has 1 unspecified atom stereocenters. The summed E-state index contributed by atoms with van der Waals surface area (Å²) < 4.78 is 1.75. The molecule has 156 valence electrons. The maximum absolute atomic E-state index is 13.0. The van der Waals surface area contributed by atoms with Gasteiger partial charge in [-0.15, -0.1) is 0 Å². The van der Waals surface area contributed by atoms with E-state index in [1.807, 2.05) is 31.2 Å². The van der Waals surface area contributed by atoms with Crippen molar-refractivity contribution in [2.45, 2.75) is 32.2 Å². The van der Waals surface area contributed by atoms with E-state index in [2.05, 4.69) is 15.7 Å². The van der Waals surface area contributed by atoms with Gasteiger partial charge in [0.05, 0.1) is 6.20 Å². The van der Waals surface area contributed by atoms with Gasteiger partial charge in [0.25, 0.3) is 5.91 Å². The van der Waals surface area contributed by atoms with Gasteiger partial charge >= 0.3 is 0 Å². The van der Waals surface area contributed by atoms with Crippen LogP contribution in [0.25, 0.3) is 0 Å². The number of halogens is 1. The van der Waals surface area contributed by atoms with Gasteiger partial charge in [-0.1, -0.05) is 41.4 Å². The molecular weight excluding hydrogens is 412 g/mol. The summed E-state index contributed by atoms with van der Waals surface area (Å²) in [5.41, 5.74) is 4.82. The van der Waals surface area contributed by atoms with Crippen molar-refractivity contribution in [2.75, 3.05) is 10.6 Å². The monoisotopic (exact) mass is 432 g/mol. The van der Waals surface area contributed by atoms with Crippen LogP contribution in [0.15, 0.2) is 66.0 Å². The van der Waals surface area contributed by atoms with Crippen molar-refractivity contribution < 1.29 is 9.59 Å². The van der Waals surface area contributed by atoms with E-state index < -0.39 is 0 Å². The summed E-state index contributed by atoms with van der Waals surface area (Å²) in [6, 6.07) is 14.7. The highest BCUT2D eigenvalue weighted by Crippen LogP contribution is 2.41. The number of benzene rings is 2. The minimum absolute atomic E-state index is 0.132. The molecule has 2 heterocycles. The molecule has 1 amide bonds. The number of ketones is 1. The van der Waals surface area contributed by atoms with Crippen LogP contribution in [-0.2, 0) is 4.79 Å². The Labute approximate surface area is 184 Å². The number of nitrogens with zero attached hydrogens (tertiary/aromatic N) is 2. The van der Waals surface area contributed by atoms with Gasteiger partial charge in [-0.3, -0.25) is 9.59 Å².